The maximum Gasteiger partial charge on any atom is 0.180 e. The van der Waals surface area contributed by atoms with Gasteiger partial charge in [0.25, 0.3) is 0 Å². The summed E-state index contributed by atoms with van der Waals surface area (Å²) in [6.07, 6.45) is 9.42. The van der Waals surface area contributed by atoms with E-state index in [1.807, 2.05) is 30.0 Å². The lowest BCUT2D eigenvalue weighted by Gasteiger charge is -2.28. The highest BCUT2D eigenvalue weighted by Gasteiger charge is 2.17. The second kappa shape index (κ2) is 6.59. The normalized spacial score (nSPS) is 11.2. The highest BCUT2D eigenvalue weighted by Crippen LogP contribution is 2.23. The number of unbranched alkanes of at least 4 members (excludes halogenated alkanes) is 2. The van der Waals surface area contributed by atoms with Crippen LogP contribution in [0.4, 0.5) is 11.6 Å². The van der Waals surface area contributed by atoms with Gasteiger partial charge >= 0.3 is 0 Å². The van der Waals surface area contributed by atoms with Crippen molar-refractivity contribution in [2.24, 2.45) is 0 Å². The second-order valence-corrected chi connectivity index (χ2v) is 5.35. The summed E-state index contributed by atoms with van der Waals surface area (Å²) >= 11 is 0. The summed E-state index contributed by atoms with van der Waals surface area (Å²) in [6, 6.07) is 0.409. The van der Waals surface area contributed by atoms with E-state index in [-0.39, 0.29) is 0 Å². The van der Waals surface area contributed by atoms with Crippen LogP contribution in [0.1, 0.15) is 40.0 Å². The van der Waals surface area contributed by atoms with Crippen LogP contribution in [-0.4, -0.2) is 34.0 Å². The van der Waals surface area contributed by atoms with E-state index in [0.29, 0.717) is 6.04 Å². The van der Waals surface area contributed by atoms with E-state index < -0.39 is 0 Å². The standard InChI is InChI=1S/C15H25N5/c1-5-6-7-9-20(12(2)3)15-14-17-8-10-19(14)11-13(16-4)18-15/h8,10-12,16H,5-7,9H2,1-4H3. The van der Waals surface area contributed by atoms with E-state index in [4.69, 9.17) is 4.98 Å². The minimum Gasteiger partial charge on any atom is -0.372 e. The minimum atomic E-state index is 0.409. The first kappa shape index (κ1) is 14.6. The zero-order valence-corrected chi connectivity index (χ0v) is 12.9. The van der Waals surface area contributed by atoms with E-state index in [0.717, 1.165) is 23.8 Å². The molecular weight excluding hydrogens is 250 g/mol. The first-order valence-corrected chi connectivity index (χ1v) is 7.45. The summed E-state index contributed by atoms with van der Waals surface area (Å²) in [4.78, 5) is 11.5. The predicted molar refractivity (Wildman–Crippen MR) is 84.5 cm³/mol. The molecule has 0 spiro atoms. The quantitative estimate of drug-likeness (QED) is 0.788. The first-order chi connectivity index (χ1) is 9.67. The molecule has 0 aliphatic heterocycles. The summed E-state index contributed by atoms with van der Waals surface area (Å²) in [7, 11) is 1.89. The Morgan fingerprint density at radius 1 is 1.35 bits per heavy atom. The number of rotatable bonds is 7. The van der Waals surface area contributed by atoms with E-state index in [1.54, 1.807) is 0 Å². The minimum absolute atomic E-state index is 0.409. The van der Waals surface area contributed by atoms with Crippen molar-refractivity contribution in [1.82, 2.24) is 14.4 Å². The molecule has 0 saturated carbocycles. The third-order valence-electron chi connectivity index (χ3n) is 3.51. The smallest absolute Gasteiger partial charge is 0.180 e. The summed E-state index contributed by atoms with van der Waals surface area (Å²) in [6.45, 7) is 7.67. The van der Waals surface area contributed by atoms with Crippen LogP contribution >= 0.6 is 0 Å². The molecule has 5 nitrogen and oxygen atoms in total. The van der Waals surface area contributed by atoms with Crippen LogP contribution in [0.5, 0.6) is 0 Å². The van der Waals surface area contributed by atoms with E-state index in [2.05, 4.69) is 36.0 Å². The number of anilines is 2. The molecule has 0 unspecified atom stereocenters. The predicted octanol–water partition coefficient (Wildman–Crippen LogP) is 3.18. The molecule has 0 bridgehead atoms. The Balaban J connectivity index is 2.38. The molecule has 20 heavy (non-hydrogen) atoms. The second-order valence-electron chi connectivity index (χ2n) is 5.35. The molecule has 2 rings (SSSR count). The van der Waals surface area contributed by atoms with Crippen LogP contribution in [0, 0.1) is 0 Å². The van der Waals surface area contributed by atoms with Crippen molar-refractivity contribution in [2.45, 2.75) is 46.1 Å². The molecule has 0 amide bonds. The SMILES string of the molecule is CCCCCN(c1nc(NC)cn2ccnc12)C(C)C. The number of hydrogen-bond acceptors (Lipinski definition) is 4. The van der Waals surface area contributed by atoms with Crippen LogP contribution in [0.3, 0.4) is 0 Å². The van der Waals surface area contributed by atoms with Gasteiger partial charge < -0.3 is 14.6 Å². The Morgan fingerprint density at radius 3 is 2.80 bits per heavy atom. The molecule has 1 N–H and O–H groups in total. The maximum absolute atomic E-state index is 4.72. The van der Waals surface area contributed by atoms with Crippen molar-refractivity contribution in [3.05, 3.63) is 18.6 Å². The zero-order chi connectivity index (χ0) is 14.5. The van der Waals surface area contributed by atoms with Crippen LogP contribution in [-0.2, 0) is 0 Å². The number of nitrogens with one attached hydrogen (secondary N) is 1. The van der Waals surface area contributed by atoms with Gasteiger partial charge in [0.2, 0.25) is 0 Å². The van der Waals surface area contributed by atoms with Crippen molar-refractivity contribution < 1.29 is 0 Å². The largest absolute Gasteiger partial charge is 0.372 e. The molecule has 0 aromatic carbocycles. The fourth-order valence-corrected chi connectivity index (χ4v) is 2.37. The summed E-state index contributed by atoms with van der Waals surface area (Å²) in [5, 5.41) is 3.12. The lowest BCUT2D eigenvalue weighted by molar-refractivity contribution is 0.620. The molecule has 0 aliphatic rings. The van der Waals surface area contributed by atoms with Crippen molar-refractivity contribution >= 4 is 17.3 Å². The molecule has 110 valence electrons. The van der Waals surface area contributed by atoms with E-state index >= 15 is 0 Å². The fraction of sp³-hybridized carbons (Fsp3) is 0.600. The number of imidazole rings is 1. The maximum atomic E-state index is 4.72. The third-order valence-corrected chi connectivity index (χ3v) is 3.51. The highest BCUT2D eigenvalue weighted by atomic mass is 15.3. The van der Waals surface area contributed by atoms with Gasteiger partial charge in [0.1, 0.15) is 5.82 Å². The summed E-state index contributed by atoms with van der Waals surface area (Å²) < 4.78 is 2.03. The lowest BCUT2D eigenvalue weighted by atomic mass is 10.2. The average molecular weight is 275 g/mol. The van der Waals surface area contributed by atoms with Gasteiger partial charge in [-0.05, 0) is 20.3 Å². The van der Waals surface area contributed by atoms with Gasteiger partial charge in [0.15, 0.2) is 11.5 Å². The topological polar surface area (TPSA) is 45.5 Å². The third kappa shape index (κ3) is 3.03. The van der Waals surface area contributed by atoms with Crippen LogP contribution < -0.4 is 10.2 Å². The van der Waals surface area contributed by atoms with Gasteiger partial charge in [-0.3, -0.25) is 0 Å². The molecule has 0 atom stereocenters. The fourth-order valence-electron chi connectivity index (χ4n) is 2.37. The highest BCUT2D eigenvalue weighted by molar-refractivity contribution is 5.67. The number of nitrogens with zero attached hydrogens (tertiary/aromatic N) is 4. The molecule has 2 heterocycles. The molecule has 2 aromatic heterocycles. The van der Waals surface area contributed by atoms with Gasteiger partial charge in [-0.15, -0.1) is 0 Å². The summed E-state index contributed by atoms with van der Waals surface area (Å²) in [5.41, 5.74) is 0.925. The van der Waals surface area contributed by atoms with Gasteiger partial charge in [0.05, 0.1) is 6.20 Å². The number of hydrogen-bond donors (Lipinski definition) is 1. The molecular formula is C15H25N5. The van der Waals surface area contributed by atoms with Gasteiger partial charge in [-0.1, -0.05) is 19.8 Å². The summed E-state index contributed by atoms with van der Waals surface area (Å²) in [5.74, 6) is 1.83. The van der Waals surface area contributed by atoms with Crippen molar-refractivity contribution in [3.63, 3.8) is 0 Å². The van der Waals surface area contributed by atoms with E-state index in [1.165, 1.54) is 19.3 Å². The monoisotopic (exact) mass is 275 g/mol. The Morgan fingerprint density at radius 2 is 2.15 bits per heavy atom. The molecule has 0 radical (unpaired) electrons. The van der Waals surface area contributed by atoms with Crippen LogP contribution in [0.15, 0.2) is 18.6 Å². The van der Waals surface area contributed by atoms with Gasteiger partial charge in [-0.2, -0.15) is 0 Å². The first-order valence-electron chi connectivity index (χ1n) is 7.45. The van der Waals surface area contributed by atoms with Crippen LogP contribution in [0.25, 0.3) is 5.65 Å². The lowest BCUT2D eigenvalue weighted by Crippen LogP contribution is -2.33. The molecule has 2 aromatic rings. The van der Waals surface area contributed by atoms with Crippen molar-refractivity contribution in [3.8, 4) is 0 Å². The molecule has 0 aliphatic carbocycles. The van der Waals surface area contributed by atoms with Gasteiger partial charge in [-0.25, -0.2) is 9.97 Å². The van der Waals surface area contributed by atoms with Crippen molar-refractivity contribution in [1.29, 1.82) is 0 Å². The molecule has 5 heteroatoms. The Hall–Kier alpha value is -1.78. The van der Waals surface area contributed by atoms with Crippen LogP contribution in [0.2, 0.25) is 0 Å². The Labute approximate surface area is 121 Å². The zero-order valence-electron chi connectivity index (χ0n) is 12.9. The van der Waals surface area contributed by atoms with Gasteiger partial charge in [0, 0.05) is 32.0 Å². The number of aromatic nitrogens is 3. The van der Waals surface area contributed by atoms with Crippen molar-refractivity contribution in [2.75, 3.05) is 23.8 Å². The number of fused-ring (bicyclic) bond motifs is 1. The Bertz CT molecular complexity index is 546. The Kier molecular flexibility index (Phi) is 4.82. The molecule has 0 saturated heterocycles. The average Bonchev–Trinajstić information content (AvgIpc) is 2.90. The van der Waals surface area contributed by atoms with E-state index in [9.17, 15) is 0 Å². The molecule has 0 fully saturated rings.